The highest BCUT2D eigenvalue weighted by Gasteiger charge is 2.51. The molecule has 1 aliphatic rings. The number of aliphatic hydroxyl groups excluding tert-OH is 7. The van der Waals surface area contributed by atoms with Crippen LogP contribution in [-0.4, -0.2) is 108 Å². The molecule has 0 bridgehead atoms. The van der Waals surface area contributed by atoms with Gasteiger partial charge in [0.2, 0.25) is 5.91 Å². The summed E-state index contributed by atoms with van der Waals surface area (Å²) in [6, 6.07) is -1.26. The van der Waals surface area contributed by atoms with Gasteiger partial charge < -0.3 is 46.0 Å². The van der Waals surface area contributed by atoms with Crippen LogP contribution in [0.5, 0.6) is 0 Å². The smallest absolute Gasteiger partial charge is 0.393 e. The lowest BCUT2D eigenvalue weighted by Crippen LogP contribution is -2.64. The van der Waals surface area contributed by atoms with Gasteiger partial charge in [-0.15, -0.1) is 0 Å². The fourth-order valence-corrected chi connectivity index (χ4v) is 7.42. The molecule has 0 aromatic heterocycles. The number of aliphatic hydroxyl groups is 7. The molecule has 0 aromatic carbocycles. The van der Waals surface area contributed by atoms with Crippen LogP contribution in [0.15, 0.2) is 36.5 Å². The van der Waals surface area contributed by atoms with E-state index in [9.17, 15) is 50.0 Å². The Labute approximate surface area is 330 Å². The number of phosphoric acid groups is 1. The molecule has 0 aromatic rings. The molecule has 8 unspecified atom stereocenters. The maximum Gasteiger partial charge on any atom is 0.472 e. The molecule has 0 aliphatic heterocycles. The summed E-state index contributed by atoms with van der Waals surface area (Å²) in [5.74, 6) is -0.609. The quantitative estimate of drug-likeness (QED) is 0.0218. The summed E-state index contributed by atoms with van der Waals surface area (Å²) in [5.41, 5.74) is 0. The van der Waals surface area contributed by atoms with Crippen molar-refractivity contribution in [2.45, 2.75) is 210 Å². The first-order valence-corrected chi connectivity index (χ1v) is 22.5. The largest absolute Gasteiger partial charge is 0.472 e. The molecular formula is C41H76NO12P. The lowest BCUT2D eigenvalue weighted by Gasteiger charge is -2.41. The molecule has 55 heavy (non-hydrogen) atoms. The first-order chi connectivity index (χ1) is 26.3. The minimum atomic E-state index is -5.14. The highest BCUT2D eigenvalue weighted by Crippen LogP contribution is 2.47. The number of allylic oxidation sites excluding steroid dienone is 5. The van der Waals surface area contributed by atoms with Crippen molar-refractivity contribution < 1.29 is 59.0 Å². The van der Waals surface area contributed by atoms with Crippen LogP contribution in [0.3, 0.4) is 0 Å². The summed E-state index contributed by atoms with van der Waals surface area (Å²) in [4.78, 5) is 23.3. The van der Waals surface area contributed by atoms with Gasteiger partial charge in [0, 0.05) is 0 Å². The fourth-order valence-electron chi connectivity index (χ4n) is 6.45. The average Bonchev–Trinajstić information content (AvgIpc) is 3.15. The molecule has 13 nitrogen and oxygen atoms in total. The molecule has 9 N–H and O–H groups in total. The van der Waals surface area contributed by atoms with Crippen LogP contribution >= 0.6 is 7.82 Å². The van der Waals surface area contributed by atoms with Gasteiger partial charge in [0.15, 0.2) is 0 Å². The average molecular weight is 806 g/mol. The Morgan fingerprint density at radius 3 is 1.56 bits per heavy atom. The van der Waals surface area contributed by atoms with Crippen molar-refractivity contribution in [2.24, 2.45) is 0 Å². The summed E-state index contributed by atoms with van der Waals surface area (Å²) in [5, 5.41) is 74.1. The summed E-state index contributed by atoms with van der Waals surface area (Å²) < 4.78 is 22.7. The van der Waals surface area contributed by atoms with E-state index in [1.165, 1.54) is 70.3 Å². The molecule has 0 spiro atoms. The van der Waals surface area contributed by atoms with Gasteiger partial charge in [0.1, 0.15) is 36.6 Å². The van der Waals surface area contributed by atoms with Crippen LogP contribution in [0.4, 0.5) is 0 Å². The minimum Gasteiger partial charge on any atom is -0.393 e. The lowest BCUT2D eigenvalue weighted by molar-refractivity contribution is -0.220. The Morgan fingerprint density at radius 2 is 1.07 bits per heavy atom. The van der Waals surface area contributed by atoms with E-state index in [4.69, 9.17) is 9.05 Å². The Balaban J connectivity index is 2.61. The zero-order valence-electron chi connectivity index (χ0n) is 33.6. The van der Waals surface area contributed by atoms with E-state index in [1.54, 1.807) is 6.08 Å². The van der Waals surface area contributed by atoms with E-state index in [0.717, 1.165) is 51.4 Å². The summed E-state index contributed by atoms with van der Waals surface area (Å²) in [6.45, 7) is 3.61. The summed E-state index contributed by atoms with van der Waals surface area (Å²) in [6.07, 6.45) is 19.7. The highest BCUT2D eigenvalue weighted by molar-refractivity contribution is 7.47. The molecule has 1 fully saturated rings. The van der Waals surface area contributed by atoms with E-state index >= 15 is 0 Å². The number of carbonyl (C=O) groups excluding carboxylic acids is 1. The number of carbonyl (C=O) groups is 1. The van der Waals surface area contributed by atoms with Crippen molar-refractivity contribution in [3.05, 3.63) is 36.5 Å². The second kappa shape index (κ2) is 31.5. The third kappa shape index (κ3) is 24.1. The predicted molar refractivity (Wildman–Crippen MR) is 215 cm³/mol. The zero-order valence-corrected chi connectivity index (χ0v) is 34.5. The van der Waals surface area contributed by atoms with Gasteiger partial charge in [-0.25, -0.2) is 4.57 Å². The Bertz CT molecular complexity index is 1090. The Hall–Kier alpha value is -1.48. The molecular weight excluding hydrogens is 729 g/mol. The normalized spacial score (nSPS) is 24.8. The van der Waals surface area contributed by atoms with Crippen LogP contribution in [0, 0.1) is 0 Å². The molecule has 1 saturated carbocycles. The van der Waals surface area contributed by atoms with E-state index in [0.29, 0.717) is 19.3 Å². The van der Waals surface area contributed by atoms with Gasteiger partial charge in [-0.1, -0.05) is 147 Å². The second-order valence-electron chi connectivity index (χ2n) is 15.0. The van der Waals surface area contributed by atoms with Crippen molar-refractivity contribution in [1.82, 2.24) is 5.32 Å². The van der Waals surface area contributed by atoms with Gasteiger partial charge in [-0.3, -0.25) is 13.8 Å². The molecule has 8 atom stereocenters. The zero-order chi connectivity index (χ0) is 40.9. The van der Waals surface area contributed by atoms with Crippen molar-refractivity contribution in [3.8, 4) is 0 Å². The minimum absolute atomic E-state index is 0.254. The summed E-state index contributed by atoms with van der Waals surface area (Å²) in [7, 11) is -5.14. The number of hydrogen-bond acceptors (Lipinski definition) is 11. The van der Waals surface area contributed by atoms with E-state index in [1.807, 2.05) is 6.08 Å². The van der Waals surface area contributed by atoms with Crippen LogP contribution in [-0.2, 0) is 18.4 Å². The maximum absolute atomic E-state index is 12.9. The third-order valence-electron chi connectivity index (χ3n) is 9.94. The molecule has 1 amide bonds. The van der Waals surface area contributed by atoms with Gasteiger partial charge in [0.05, 0.1) is 31.3 Å². The summed E-state index contributed by atoms with van der Waals surface area (Å²) >= 11 is 0. The third-order valence-corrected chi connectivity index (χ3v) is 10.9. The molecule has 1 rings (SSSR count). The van der Waals surface area contributed by atoms with Crippen molar-refractivity contribution in [1.29, 1.82) is 0 Å². The number of unbranched alkanes of at least 4 members (excludes halogenated alkanes) is 16. The van der Waals surface area contributed by atoms with E-state index in [-0.39, 0.29) is 6.42 Å². The molecule has 0 heterocycles. The molecule has 0 saturated heterocycles. The topological polar surface area (TPSA) is 226 Å². The monoisotopic (exact) mass is 806 g/mol. The van der Waals surface area contributed by atoms with Gasteiger partial charge in [0.25, 0.3) is 0 Å². The van der Waals surface area contributed by atoms with Crippen molar-refractivity contribution in [2.75, 3.05) is 6.61 Å². The van der Waals surface area contributed by atoms with Gasteiger partial charge in [-0.05, 0) is 38.5 Å². The first kappa shape index (κ1) is 51.5. The fraction of sp³-hybridized carbons (Fsp3) is 0.829. The molecule has 322 valence electrons. The van der Waals surface area contributed by atoms with Gasteiger partial charge in [-0.2, -0.15) is 0 Å². The second-order valence-corrected chi connectivity index (χ2v) is 16.4. The molecule has 0 radical (unpaired) electrons. The molecule has 14 heteroatoms. The Morgan fingerprint density at radius 1 is 0.636 bits per heavy atom. The van der Waals surface area contributed by atoms with Crippen LogP contribution in [0.1, 0.15) is 155 Å². The van der Waals surface area contributed by atoms with Gasteiger partial charge >= 0.3 is 7.82 Å². The lowest BCUT2D eigenvalue weighted by atomic mass is 9.85. The Kier molecular flexibility index (Phi) is 29.5. The van der Waals surface area contributed by atoms with Crippen LogP contribution in [0.25, 0.3) is 0 Å². The SMILES string of the molecule is CCC/C=C/CC/C=C/CC/C=C/C(O)C(COP(=O)(O)OC1C(O)C(O)C(O)C(O)C1O)NC(=O)CC(O)CCCCCCCCCCCCCCCC. The van der Waals surface area contributed by atoms with Crippen molar-refractivity contribution >= 4 is 13.7 Å². The van der Waals surface area contributed by atoms with Crippen molar-refractivity contribution in [3.63, 3.8) is 0 Å². The predicted octanol–water partition coefficient (Wildman–Crippen LogP) is 5.80. The maximum atomic E-state index is 12.9. The van der Waals surface area contributed by atoms with Crippen LogP contribution < -0.4 is 5.32 Å². The van der Waals surface area contributed by atoms with E-state index in [2.05, 4.69) is 37.4 Å². The first-order valence-electron chi connectivity index (χ1n) is 21.0. The molecule has 1 aliphatic carbocycles. The number of amides is 1. The number of phosphoric ester groups is 1. The highest BCUT2D eigenvalue weighted by atomic mass is 31.2. The standard InChI is InChI=1S/C41H76NO12P/c1-3-5-7-9-11-13-15-16-17-19-20-22-24-26-28-32(43)30-35(45)42-33(34(44)29-27-25-23-21-18-14-12-10-8-6-4-2)31-53-55(51,52)54-41-39(49)37(47)36(46)38(48)40(41)50/h8,10,18,21,27,29,32-34,36-41,43-44,46-50H,3-7,9,11-17,19-20,22-26,28,30-31H2,1-2H3,(H,42,45)(H,51,52)/b10-8+,21-18+,29-27+. The number of rotatable bonds is 33. The number of hydrogen-bond donors (Lipinski definition) is 9. The number of nitrogens with one attached hydrogen (secondary N) is 1. The van der Waals surface area contributed by atoms with E-state index < -0.39 is 75.2 Å². The van der Waals surface area contributed by atoms with Crippen LogP contribution in [0.2, 0.25) is 0 Å².